The molecule has 2 atom stereocenters. The molecule has 1 nitrogen and oxygen atoms in total. The second-order valence-corrected chi connectivity index (χ2v) is 17.3. The van der Waals surface area contributed by atoms with Crippen LogP contribution in [0.15, 0.2) is 176 Å². The molecule has 55 heavy (non-hydrogen) atoms. The van der Waals surface area contributed by atoms with Crippen LogP contribution in [0.5, 0.6) is 0 Å². The fourth-order valence-electron chi connectivity index (χ4n) is 12.9. The SMILES string of the molecule is C1=CC2c3ccccc3C3(C4CC5CC(C4)CC3C5)C2C=C1c1ccc(N(c2cccc3ccccc23)c2ccc(-c3ccccc3)c3ccccc23)cc1. The zero-order valence-corrected chi connectivity index (χ0v) is 31.2. The van der Waals surface area contributed by atoms with Gasteiger partial charge in [0.15, 0.2) is 0 Å². The molecule has 4 bridgehead atoms. The molecular weight excluding hydrogens is 663 g/mol. The molecule has 266 valence electrons. The van der Waals surface area contributed by atoms with E-state index in [4.69, 9.17) is 0 Å². The summed E-state index contributed by atoms with van der Waals surface area (Å²) in [5.74, 6) is 4.61. The summed E-state index contributed by atoms with van der Waals surface area (Å²) in [5, 5.41) is 4.99. The Morgan fingerprint density at radius 3 is 1.95 bits per heavy atom. The van der Waals surface area contributed by atoms with Gasteiger partial charge in [0.05, 0.1) is 11.4 Å². The fourth-order valence-corrected chi connectivity index (χ4v) is 12.9. The summed E-state index contributed by atoms with van der Waals surface area (Å²) < 4.78 is 0. The highest BCUT2D eigenvalue weighted by Gasteiger charge is 2.64. The lowest BCUT2D eigenvalue weighted by Crippen LogP contribution is -2.57. The minimum Gasteiger partial charge on any atom is -0.309 e. The predicted octanol–water partition coefficient (Wildman–Crippen LogP) is 14.2. The summed E-state index contributed by atoms with van der Waals surface area (Å²) in [6, 6.07) is 59.0. The number of rotatable bonds is 5. The standard InChI is InChI=1S/C54H45N/c1-2-11-38(12-3-1)44-27-28-53(49-18-7-6-16-46(44)49)55(52-20-10-14-39-13-4-5-15-45(39)52)43-24-21-37(22-25-43)40-23-26-48-47-17-8-9-19-50(47)54(51(48)34-40)41-30-35-29-36(32-41)33-42(54)31-35/h1-28,34-36,41-42,48,51H,29-33H2. The Hall–Kier alpha value is -5.66. The van der Waals surface area contributed by atoms with Crippen molar-refractivity contribution < 1.29 is 0 Å². The van der Waals surface area contributed by atoms with Crippen molar-refractivity contribution in [2.24, 2.45) is 29.6 Å². The van der Waals surface area contributed by atoms with Crippen LogP contribution in [0.1, 0.15) is 54.7 Å². The molecule has 1 spiro atoms. The molecule has 0 aliphatic heterocycles. The minimum absolute atomic E-state index is 0.294. The van der Waals surface area contributed by atoms with Crippen LogP contribution >= 0.6 is 0 Å². The van der Waals surface area contributed by atoms with Crippen LogP contribution in [0.25, 0.3) is 38.2 Å². The van der Waals surface area contributed by atoms with Crippen LogP contribution in [0.3, 0.4) is 0 Å². The quantitative estimate of drug-likeness (QED) is 0.172. The van der Waals surface area contributed by atoms with Crippen molar-refractivity contribution in [2.75, 3.05) is 4.90 Å². The first kappa shape index (κ1) is 31.7. The smallest absolute Gasteiger partial charge is 0.0540 e. The average molecular weight is 708 g/mol. The Bertz CT molecular complexity index is 2650. The summed E-state index contributed by atoms with van der Waals surface area (Å²) in [7, 11) is 0. The van der Waals surface area contributed by atoms with E-state index in [2.05, 4.69) is 181 Å². The van der Waals surface area contributed by atoms with Crippen molar-refractivity contribution in [2.45, 2.75) is 43.4 Å². The highest BCUT2D eigenvalue weighted by Crippen LogP contribution is 2.71. The van der Waals surface area contributed by atoms with Crippen LogP contribution in [0.4, 0.5) is 17.1 Å². The summed E-state index contributed by atoms with van der Waals surface area (Å²) in [6.45, 7) is 0. The summed E-state index contributed by atoms with van der Waals surface area (Å²) in [4.78, 5) is 2.49. The molecule has 13 rings (SSSR count). The van der Waals surface area contributed by atoms with Gasteiger partial charge in [-0.25, -0.2) is 0 Å². The van der Waals surface area contributed by atoms with Crippen molar-refractivity contribution >= 4 is 44.2 Å². The first-order chi connectivity index (χ1) is 27.2. The van der Waals surface area contributed by atoms with Gasteiger partial charge in [-0.1, -0.05) is 152 Å². The molecule has 0 radical (unpaired) electrons. The lowest BCUT2D eigenvalue weighted by Gasteiger charge is -2.63. The van der Waals surface area contributed by atoms with Crippen LogP contribution < -0.4 is 4.90 Å². The lowest BCUT2D eigenvalue weighted by atomic mass is 9.41. The molecule has 6 aliphatic carbocycles. The summed E-state index contributed by atoms with van der Waals surface area (Å²) in [5.41, 5.74) is 12.4. The lowest BCUT2D eigenvalue weighted by molar-refractivity contribution is -0.0760. The number of anilines is 3. The van der Waals surface area contributed by atoms with E-state index in [0.29, 0.717) is 17.3 Å². The molecule has 7 aromatic carbocycles. The molecule has 1 heteroatoms. The molecule has 0 aromatic heterocycles. The zero-order valence-electron chi connectivity index (χ0n) is 31.2. The molecule has 4 fully saturated rings. The molecular formula is C54H45N. The predicted molar refractivity (Wildman–Crippen MR) is 230 cm³/mol. The molecule has 0 N–H and O–H groups in total. The van der Waals surface area contributed by atoms with E-state index in [1.165, 1.54) is 93.0 Å². The maximum atomic E-state index is 2.74. The Morgan fingerprint density at radius 1 is 0.491 bits per heavy atom. The van der Waals surface area contributed by atoms with Crippen LogP contribution in [-0.2, 0) is 5.41 Å². The van der Waals surface area contributed by atoms with E-state index in [9.17, 15) is 0 Å². The van der Waals surface area contributed by atoms with Crippen LogP contribution in [0.2, 0.25) is 0 Å². The first-order valence-corrected chi connectivity index (χ1v) is 20.7. The van der Waals surface area contributed by atoms with Gasteiger partial charge in [0.25, 0.3) is 0 Å². The third-order valence-electron chi connectivity index (χ3n) is 14.7. The second kappa shape index (κ2) is 12.2. The van der Waals surface area contributed by atoms with Crippen molar-refractivity contribution in [3.05, 3.63) is 193 Å². The highest BCUT2D eigenvalue weighted by molar-refractivity contribution is 6.08. The Kier molecular flexibility index (Phi) is 7.01. The van der Waals surface area contributed by atoms with Gasteiger partial charge in [-0.3, -0.25) is 0 Å². The van der Waals surface area contributed by atoms with Crippen molar-refractivity contribution in [3.8, 4) is 11.1 Å². The van der Waals surface area contributed by atoms with E-state index in [1.54, 1.807) is 11.1 Å². The van der Waals surface area contributed by atoms with E-state index in [0.717, 1.165) is 23.7 Å². The molecule has 0 amide bonds. The Labute approximate surface area is 324 Å². The van der Waals surface area contributed by atoms with E-state index >= 15 is 0 Å². The number of hydrogen-bond acceptors (Lipinski definition) is 1. The summed E-state index contributed by atoms with van der Waals surface area (Å²) in [6.07, 6.45) is 15.0. The average Bonchev–Trinajstić information content (AvgIpc) is 3.53. The highest BCUT2D eigenvalue weighted by atomic mass is 15.1. The molecule has 6 aliphatic rings. The number of fused-ring (bicyclic) bond motifs is 5. The van der Waals surface area contributed by atoms with E-state index in [1.807, 2.05) is 0 Å². The first-order valence-electron chi connectivity index (χ1n) is 20.7. The van der Waals surface area contributed by atoms with Gasteiger partial charge in [0.1, 0.15) is 0 Å². The van der Waals surface area contributed by atoms with Gasteiger partial charge in [-0.2, -0.15) is 0 Å². The maximum Gasteiger partial charge on any atom is 0.0540 e. The topological polar surface area (TPSA) is 3.24 Å². The molecule has 4 saturated carbocycles. The normalized spacial score (nSPS) is 27.0. The number of nitrogens with zero attached hydrogens (tertiary/aromatic N) is 1. The Balaban J connectivity index is 0.980. The van der Waals surface area contributed by atoms with E-state index < -0.39 is 0 Å². The number of allylic oxidation sites excluding steroid dienone is 4. The number of benzene rings is 7. The van der Waals surface area contributed by atoms with Gasteiger partial charge >= 0.3 is 0 Å². The number of hydrogen-bond donors (Lipinski definition) is 0. The fraction of sp³-hybridized carbons (Fsp3) is 0.222. The van der Waals surface area contributed by atoms with Gasteiger partial charge in [-0.05, 0) is 130 Å². The van der Waals surface area contributed by atoms with Gasteiger partial charge in [0.2, 0.25) is 0 Å². The van der Waals surface area contributed by atoms with Crippen LogP contribution in [0, 0.1) is 29.6 Å². The maximum absolute atomic E-state index is 2.74. The van der Waals surface area contributed by atoms with Crippen molar-refractivity contribution in [1.82, 2.24) is 0 Å². The third kappa shape index (κ3) is 4.65. The Morgan fingerprint density at radius 2 is 1.15 bits per heavy atom. The summed E-state index contributed by atoms with van der Waals surface area (Å²) >= 11 is 0. The second-order valence-electron chi connectivity index (χ2n) is 17.3. The molecule has 2 unspecified atom stereocenters. The van der Waals surface area contributed by atoms with Gasteiger partial charge in [-0.15, -0.1) is 0 Å². The van der Waals surface area contributed by atoms with Gasteiger partial charge < -0.3 is 4.90 Å². The minimum atomic E-state index is 0.294. The van der Waals surface area contributed by atoms with E-state index in [-0.39, 0.29) is 0 Å². The molecule has 0 saturated heterocycles. The monoisotopic (exact) mass is 707 g/mol. The zero-order chi connectivity index (χ0) is 36.1. The third-order valence-corrected chi connectivity index (χ3v) is 14.7. The van der Waals surface area contributed by atoms with Crippen molar-refractivity contribution in [1.29, 1.82) is 0 Å². The van der Waals surface area contributed by atoms with Crippen LogP contribution in [-0.4, -0.2) is 0 Å². The molecule has 7 aromatic rings. The van der Waals surface area contributed by atoms with Gasteiger partial charge in [0, 0.05) is 27.8 Å². The molecule has 0 heterocycles. The largest absolute Gasteiger partial charge is 0.309 e. The van der Waals surface area contributed by atoms with Crippen molar-refractivity contribution in [3.63, 3.8) is 0 Å².